The van der Waals surface area contributed by atoms with Crippen LogP contribution in [0.4, 0.5) is 8.78 Å². The molecule has 0 aliphatic rings. The molecule has 1 amide bonds. The Labute approximate surface area is 115 Å². The largest absolute Gasteiger partial charge is 0.396 e. The number of unbranched alkanes of at least 4 members (excludes halogenated alkanes) is 1. The van der Waals surface area contributed by atoms with Crippen molar-refractivity contribution in [3.63, 3.8) is 0 Å². The second-order valence-electron chi connectivity index (χ2n) is 3.96. The van der Waals surface area contributed by atoms with Crippen molar-refractivity contribution >= 4 is 17.7 Å². The third-order valence-electron chi connectivity index (χ3n) is 2.40. The zero-order valence-corrected chi connectivity index (χ0v) is 11.3. The fourth-order valence-electron chi connectivity index (χ4n) is 1.38. The van der Waals surface area contributed by atoms with Gasteiger partial charge in [-0.25, -0.2) is 8.78 Å². The number of nitrogens with one attached hydrogen (secondary N) is 1. The van der Waals surface area contributed by atoms with Gasteiger partial charge in [-0.3, -0.25) is 4.79 Å². The normalized spacial score (nSPS) is 10.5. The van der Waals surface area contributed by atoms with Crippen LogP contribution < -0.4 is 5.32 Å². The van der Waals surface area contributed by atoms with Gasteiger partial charge in [0.1, 0.15) is 0 Å². The maximum atomic E-state index is 12.9. The van der Waals surface area contributed by atoms with E-state index in [0.29, 0.717) is 30.0 Å². The summed E-state index contributed by atoms with van der Waals surface area (Å²) in [4.78, 5) is 12.0. The van der Waals surface area contributed by atoms with Gasteiger partial charge in [0.25, 0.3) is 0 Å². The van der Waals surface area contributed by atoms with Crippen LogP contribution in [0.5, 0.6) is 0 Å². The number of thioether (sulfide) groups is 1. The third kappa shape index (κ3) is 6.54. The van der Waals surface area contributed by atoms with Crippen LogP contribution >= 0.6 is 11.8 Å². The van der Waals surface area contributed by atoms with Crippen LogP contribution in [0.2, 0.25) is 0 Å². The molecule has 0 radical (unpaired) electrons. The van der Waals surface area contributed by atoms with Gasteiger partial charge >= 0.3 is 0 Å². The van der Waals surface area contributed by atoms with Gasteiger partial charge in [-0.2, -0.15) is 0 Å². The number of benzene rings is 1. The molecule has 1 rings (SSSR count). The summed E-state index contributed by atoms with van der Waals surface area (Å²) in [6.45, 7) is 0.678. The number of carbonyl (C=O) groups is 1. The van der Waals surface area contributed by atoms with Crippen molar-refractivity contribution in [3.05, 3.63) is 29.8 Å². The average molecular weight is 289 g/mol. The van der Waals surface area contributed by atoms with Gasteiger partial charge in [-0.15, -0.1) is 11.8 Å². The van der Waals surface area contributed by atoms with E-state index in [1.54, 1.807) is 0 Å². The third-order valence-corrected chi connectivity index (χ3v) is 3.39. The molecule has 1 aromatic carbocycles. The molecular weight excluding hydrogens is 272 g/mol. The Morgan fingerprint density at radius 3 is 2.74 bits per heavy atom. The van der Waals surface area contributed by atoms with E-state index in [-0.39, 0.29) is 12.5 Å². The fraction of sp³-hybridized carbons (Fsp3) is 0.462. The molecule has 0 aromatic heterocycles. The molecule has 2 N–H and O–H groups in total. The minimum Gasteiger partial charge on any atom is -0.396 e. The van der Waals surface area contributed by atoms with E-state index in [1.165, 1.54) is 17.8 Å². The highest BCUT2D eigenvalue weighted by Crippen LogP contribution is 2.20. The summed E-state index contributed by atoms with van der Waals surface area (Å²) in [6.07, 6.45) is 1.74. The Morgan fingerprint density at radius 1 is 1.26 bits per heavy atom. The number of hydrogen-bond acceptors (Lipinski definition) is 3. The number of hydrogen-bond donors (Lipinski definition) is 2. The Bertz CT molecular complexity index is 416. The summed E-state index contributed by atoms with van der Waals surface area (Å²) < 4.78 is 25.6. The number of rotatable bonds is 8. The number of aliphatic hydroxyl groups excluding tert-OH is 1. The van der Waals surface area contributed by atoms with Crippen LogP contribution in [-0.2, 0) is 4.79 Å². The maximum Gasteiger partial charge on any atom is 0.220 e. The molecule has 6 heteroatoms. The highest BCUT2D eigenvalue weighted by molar-refractivity contribution is 7.99. The summed E-state index contributed by atoms with van der Waals surface area (Å²) in [6, 6.07) is 3.69. The molecule has 1 aromatic rings. The molecule has 19 heavy (non-hydrogen) atoms. The van der Waals surface area contributed by atoms with Gasteiger partial charge in [0.05, 0.1) is 0 Å². The molecule has 0 spiro atoms. The highest BCUT2D eigenvalue weighted by Gasteiger charge is 2.05. The molecule has 0 saturated carbocycles. The first-order valence-corrected chi connectivity index (χ1v) is 7.07. The molecule has 0 fully saturated rings. The van der Waals surface area contributed by atoms with E-state index in [4.69, 9.17) is 5.11 Å². The highest BCUT2D eigenvalue weighted by atomic mass is 32.2. The maximum absolute atomic E-state index is 12.9. The SMILES string of the molecule is O=C(CCSc1ccc(F)c(F)c1)NCCCCO. The lowest BCUT2D eigenvalue weighted by Gasteiger charge is -2.05. The lowest BCUT2D eigenvalue weighted by Crippen LogP contribution is -2.24. The van der Waals surface area contributed by atoms with Crippen molar-refractivity contribution in [1.82, 2.24) is 5.32 Å². The van der Waals surface area contributed by atoms with Crippen LogP contribution in [-0.4, -0.2) is 29.9 Å². The van der Waals surface area contributed by atoms with Crippen molar-refractivity contribution < 1.29 is 18.7 Å². The van der Waals surface area contributed by atoms with E-state index in [0.717, 1.165) is 18.6 Å². The first-order chi connectivity index (χ1) is 9.13. The Hall–Kier alpha value is -1.14. The molecule has 106 valence electrons. The van der Waals surface area contributed by atoms with Crippen LogP contribution in [0.3, 0.4) is 0 Å². The monoisotopic (exact) mass is 289 g/mol. The van der Waals surface area contributed by atoms with Gasteiger partial charge in [0, 0.05) is 30.2 Å². The zero-order valence-electron chi connectivity index (χ0n) is 10.5. The predicted octanol–water partition coefficient (Wildman–Crippen LogP) is 2.34. The molecule has 3 nitrogen and oxygen atoms in total. The minimum atomic E-state index is -0.876. The van der Waals surface area contributed by atoms with Gasteiger partial charge in [0.2, 0.25) is 5.91 Å². The quantitative estimate of drug-likeness (QED) is 0.570. The number of amides is 1. The molecule has 0 aliphatic heterocycles. The lowest BCUT2D eigenvalue weighted by atomic mass is 10.3. The number of aliphatic hydroxyl groups is 1. The average Bonchev–Trinajstić information content (AvgIpc) is 2.39. The van der Waals surface area contributed by atoms with Crippen molar-refractivity contribution in [3.8, 4) is 0 Å². The second-order valence-corrected chi connectivity index (χ2v) is 5.12. The summed E-state index contributed by atoms with van der Waals surface area (Å²) in [5, 5.41) is 11.3. The van der Waals surface area contributed by atoms with E-state index in [2.05, 4.69) is 5.32 Å². The predicted molar refractivity (Wildman–Crippen MR) is 71.0 cm³/mol. The Morgan fingerprint density at radius 2 is 2.05 bits per heavy atom. The molecule has 0 aliphatic carbocycles. The molecule has 0 bridgehead atoms. The summed E-state index contributed by atoms with van der Waals surface area (Å²) in [5.74, 6) is -1.31. The topological polar surface area (TPSA) is 49.3 Å². The Balaban J connectivity index is 2.18. The first-order valence-electron chi connectivity index (χ1n) is 6.09. The Kier molecular flexibility index (Phi) is 7.43. The lowest BCUT2D eigenvalue weighted by molar-refractivity contribution is -0.120. The molecule has 0 saturated heterocycles. The minimum absolute atomic E-state index is 0.0759. The molecule has 0 atom stereocenters. The van der Waals surface area contributed by atoms with Crippen molar-refractivity contribution in [2.45, 2.75) is 24.2 Å². The molecule has 0 unspecified atom stereocenters. The van der Waals surface area contributed by atoms with Crippen LogP contribution in [0.1, 0.15) is 19.3 Å². The van der Waals surface area contributed by atoms with Crippen molar-refractivity contribution in [2.75, 3.05) is 18.9 Å². The van der Waals surface area contributed by atoms with Gasteiger partial charge in [0.15, 0.2) is 11.6 Å². The summed E-state index contributed by atoms with van der Waals surface area (Å²) in [7, 11) is 0. The van der Waals surface area contributed by atoms with Crippen LogP contribution in [0, 0.1) is 11.6 Å². The van der Waals surface area contributed by atoms with Gasteiger partial charge in [-0.1, -0.05) is 0 Å². The summed E-state index contributed by atoms with van der Waals surface area (Å²) in [5.41, 5.74) is 0. The van der Waals surface area contributed by atoms with E-state index >= 15 is 0 Å². The van der Waals surface area contributed by atoms with Crippen molar-refractivity contribution in [2.24, 2.45) is 0 Å². The molecule has 0 heterocycles. The first kappa shape index (κ1) is 15.9. The smallest absolute Gasteiger partial charge is 0.220 e. The van der Waals surface area contributed by atoms with Crippen molar-refractivity contribution in [1.29, 1.82) is 0 Å². The van der Waals surface area contributed by atoms with E-state index < -0.39 is 11.6 Å². The van der Waals surface area contributed by atoms with Gasteiger partial charge < -0.3 is 10.4 Å². The van der Waals surface area contributed by atoms with E-state index in [1.807, 2.05) is 0 Å². The number of halogens is 2. The summed E-state index contributed by atoms with van der Waals surface area (Å²) >= 11 is 1.31. The molecular formula is C13H17F2NO2S. The van der Waals surface area contributed by atoms with Crippen LogP contribution in [0.25, 0.3) is 0 Å². The zero-order chi connectivity index (χ0) is 14.1. The van der Waals surface area contributed by atoms with E-state index in [9.17, 15) is 13.6 Å². The number of carbonyl (C=O) groups excluding carboxylic acids is 1. The fourth-order valence-corrected chi connectivity index (χ4v) is 2.26. The second kappa shape index (κ2) is 8.87. The van der Waals surface area contributed by atoms with Gasteiger partial charge in [-0.05, 0) is 31.0 Å². The standard InChI is InChI=1S/C13H17F2NO2S/c14-11-4-3-10(9-12(11)15)19-8-5-13(18)16-6-1-2-7-17/h3-4,9,17H,1-2,5-8H2,(H,16,18). The van der Waals surface area contributed by atoms with Crippen LogP contribution in [0.15, 0.2) is 23.1 Å².